The minimum atomic E-state index is -0.582. The van der Waals surface area contributed by atoms with Crippen LogP contribution in [0.15, 0.2) is 35.1 Å². The van der Waals surface area contributed by atoms with Gasteiger partial charge in [0.25, 0.3) is 0 Å². The fraction of sp³-hybridized carbons (Fsp3) is 0.500. The van der Waals surface area contributed by atoms with Crippen LogP contribution in [0.1, 0.15) is 53.0 Å². The third kappa shape index (κ3) is 10.4. The highest BCUT2D eigenvalue weighted by Gasteiger charge is 2.17. The van der Waals surface area contributed by atoms with Crippen molar-refractivity contribution in [3.05, 3.63) is 45.7 Å². The van der Waals surface area contributed by atoms with Gasteiger partial charge in [0, 0.05) is 29.8 Å². The molecule has 150 valence electrons. The number of benzene rings is 1. The van der Waals surface area contributed by atoms with E-state index in [1.54, 1.807) is 45.2 Å². The van der Waals surface area contributed by atoms with Crippen LogP contribution in [0, 0.1) is 0 Å². The van der Waals surface area contributed by atoms with E-state index in [0.29, 0.717) is 16.5 Å². The molecule has 1 aromatic carbocycles. The smallest absolute Gasteiger partial charge is 0.407 e. The van der Waals surface area contributed by atoms with Gasteiger partial charge in [-0.3, -0.25) is 4.99 Å². The lowest BCUT2D eigenvalue weighted by atomic mass is 9.98. The summed E-state index contributed by atoms with van der Waals surface area (Å²) >= 11 is 12.0. The van der Waals surface area contributed by atoms with Crippen molar-refractivity contribution in [2.45, 2.75) is 58.6 Å². The highest BCUT2D eigenvalue weighted by atomic mass is 35.5. The number of nitrogens with one attached hydrogen (secondary N) is 1. The lowest BCUT2D eigenvalue weighted by Crippen LogP contribution is -2.32. The highest BCUT2D eigenvalue weighted by molar-refractivity contribution is 6.36. The Bertz CT molecular complexity index is 710. The summed E-state index contributed by atoms with van der Waals surface area (Å²) < 4.78 is 19.1. The van der Waals surface area contributed by atoms with E-state index in [-0.39, 0.29) is 18.8 Å². The average molecular weight is 417 g/mol. The van der Waals surface area contributed by atoms with E-state index < -0.39 is 17.2 Å². The number of alkyl carbamates (subject to hydrolysis) is 1. The molecular formula is C20H27Cl2FN2O2. The second kappa shape index (κ2) is 10.1. The number of nitrogens with zero attached hydrogens (tertiary/aromatic N) is 1. The predicted molar refractivity (Wildman–Crippen MR) is 111 cm³/mol. The summed E-state index contributed by atoms with van der Waals surface area (Å²) in [6.07, 6.45) is 3.15. The third-order valence-electron chi connectivity index (χ3n) is 3.46. The first kappa shape index (κ1) is 23.4. The summed E-state index contributed by atoms with van der Waals surface area (Å²) in [7, 11) is 0. The van der Waals surface area contributed by atoms with Crippen molar-refractivity contribution in [2.75, 3.05) is 6.54 Å². The first-order chi connectivity index (χ1) is 12.4. The molecule has 0 spiro atoms. The molecule has 0 aliphatic carbocycles. The fourth-order valence-electron chi connectivity index (χ4n) is 2.00. The van der Waals surface area contributed by atoms with Crippen LogP contribution in [0.5, 0.6) is 0 Å². The van der Waals surface area contributed by atoms with Crippen molar-refractivity contribution in [3.8, 4) is 0 Å². The van der Waals surface area contributed by atoms with Crippen LogP contribution in [0.2, 0.25) is 10.0 Å². The van der Waals surface area contributed by atoms with Crippen molar-refractivity contribution >= 4 is 35.5 Å². The maximum absolute atomic E-state index is 14.0. The number of allylic oxidation sites excluding steroid dienone is 1. The Morgan fingerprint density at radius 3 is 2.52 bits per heavy atom. The molecule has 1 rings (SSSR count). The monoisotopic (exact) mass is 416 g/mol. The SMILES string of the molecule is CC(C)(CC/C(F)=C/CNC(=O)OC(C)(C)C)N=Cc1ccc(Cl)cc1Cl. The molecule has 0 atom stereocenters. The minimum absolute atomic E-state index is 0.0742. The van der Waals surface area contributed by atoms with Crippen LogP contribution in [-0.4, -0.2) is 30.0 Å². The number of aliphatic imine (C=N–C) groups is 1. The number of hydrogen-bond donors (Lipinski definition) is 1. The minimum Gasteiger partial charge on any atom is -0.444 e. The molecular weight excluding hydrogens is 390 g/mol. The topological polar surface area (TPSA) is 50.7 Å². The molecule has 4 nitrogen and oxygen atoms in total. The lowest BCUT2D eigenvalue weighted by molar-refractivity contribution is 0.0534. The van der Waals surface area contributed by atoms with Crippen molar-refractivity contribution < 1.29 is 13.9 Å². The molecule has 0 aromatic heterocycles. The van der Waals surface area contributed by atoms with Gasteiger partial charge in [-0.05, 0) is 59.2 Å². The molecule has 0 aliphatic rings. The van der Waals surface area contributed by atoms with Gasteiger partial charge in [-0.2, -0.15) is 0 Å². The maximum Gasteiger partial charge on any atom is 0.407 e. The number of rotatable bonds is 7. The van der Waals surface area contributed by atoms with E-state index in [2.05, 4.69) is 10.3 Å². The summed E-state index contributed by atoms with van der Waals surface area (Å²) in [4.78, 5) is 16.0. The molecule has 0 unspecified atom stereocenters. The Kier molecular flexibility index (Phi) is 8.76. The van der Waals surface area contributed by atoms with Gasteiger partial charge in [0.1, 0.15) is 5.60 Å². The zero-order valence-electron chi connectivity index (χ0n) is 16.4. The molecule has 0 radical (unpaired) electrons. The Morgan fingerprint density at radius 1 is 1.26 bits per heavy atom. The van der Waals surface area contributed by atoms with Gasteiger partial charge >= 0.3 is 6.09 Å². The molecule has 1 N–H and O–H groups in total. The van der Waals surface area contributed by atoms with Crippen molar-refractivity contribution in [1.82, 2.24) is 5.32 Å². The molecule has 0 bridgehead atoms. The van der Waals surface area contributed by atoms with Gasteiger partial charge in [-0.1, -0.05) is 29.3 Å². The number of hydrogen-bond acceptors (Lipinski definition) is 3. The van der Waals surface area contributed by atoms with E-state index in [9.17, 15) is 9.18 Å². The van der Waals surface area contributed by atoms with Crippen LogP contribution < -0.4 is 5.32 Å². The Hall–Kier alpha value is -1.59. The van der Waals surface area contributed by atoms with Crippen LogP contribution in [0.3, 0.4) is 0 Å². The van der Waals surface area contributed by atoms with Gasteiger partial charge in [-0.15, -0.1) is 0 Å². The second-order valence-corrected chi connectivity index (χ2v) is 8.61. The van der Waals surface area contributed by atoms with E-state index in [1.165, 1.54) is 6.08 Å². The largest absolute Gasteiger partial charge is 0.444 e. The summed E-state index contributed by atoms with van der Waals surface area (Å²) in [5, 5.41) is 3.57. The molecule has 0 fully saturated rings. The second-order valence-electron chi connectivity index (χ2n) is 7.77. The molecule has 0 saturated carbocycles. The van der Waals surface area contributed by atoms with Crippen LogP contribution in [0.4, 0.5) is 9.18 Å². The molecule has 0 heterocycles. The van der Waals surface area contributed by atoms with Gasteiger partial charge < -0.3 is 10.1 Å². The van der Waals surface area contributed by atoms with Crippen molar-refractivity contribution in [2.24, 2.45) is 4.99 Å². The van der Waals surface area contributed by atoms with E-state index in [4.69, 9.17) is 27.9 Å². The van der Waals surface area contributed by atoms with Crippen LogP contribution in [0.25, 0.3) is 0 Å². The summed E-state index contributed by atoms with van der Waals surface area (Å²) in [5.74, 6) is -0.307. The number of halogens is 3. The van der Waals surface area contributed by atoms with E-state index in [0.717, 1.165) is 5.56 Å². The van der Waals surface area contributed by atoms with Crippen LogP contribution >= 0.6 is 23.2 Å². The summed E-state index contributed by atoms with van der Waals surface area (Å²) in [5.41, 5.74) is -0.291. The Morgan fingerprint density at radius 2 is 1.93 bits per heavy atom. The molecule has 7 heteroatoms. The quantitative estimate of drug-likeness (QED) is 0.526. The Balaban J connectivity index is 2.49. The number of amides is 1. The molecule has 0 saturated heterocycles. The van der Waals surface area contributed by atoms with E-state index >= 15 is 0 Å². The van der Waals surface area contributed by atoms with Crippen LogP contribution in [-0.2, 0) is 4.74 Å². The molecule has 27 heavy (non-hydrogen) atoms. The lowest BCUT2D eigenvalue weighted by Gasteiger charge is -2.20. The first-order valence-electron chi connectivity index (χ1n) is 8.70. The number of ether oxygens (including phenoxy) is 1. The third-order valence-corrected chi connectivity index (χ3v) is 4.02. The number of carbonyl (C=O) groups is 1. The zero-order chi connectivity index (χ0) is 20.7. The molecule has 1 aromatic rings. The average Bonchev–Trinajstić information content (AvgIpc) is 2.50. The van der Waals surface area contributed by atoms with Gasteiger partial charge in [0.15, 0.2) is 0 Å². The van der Waals surface area contributed by atoms with Gasteiger partial charge in [0.05, 0.1) is 16.4 Å². The normalized spacial score (nSPS) is 13.1. The fourth-order valence-corrected chi connectivity index (χ4v) is 2.46. The van der Waals surface area contributed by atoms with Gasteiger partial charge in [0.2, 0.25) is 0 Å². The number of carbonyl (C=O) groups excluding carboxylic acids is 1. The van der Waals surface area contributed by atoms with Crippen molar-refractivity contribution in [3.63, 3.8) is 0 Å². The first-order valence-corrected chi connectivity index (χ1v) is 9.45. The predicted octanol–water partition coefficient (Wildman–Crippen LogP) is 6.35. The molecule has 0 aliphatic heterocycles. The maximum atomic E-state index is 14.0. The Labute approximate surface area is 170 Å². The standard InChI is InChI=1S/C20H27Cl2FN2O2/c1-19(2,3)27-18(26)24-11-9-16(23)8-10-20(4,5)25-13-14-6-7-15(21)12-17(14)22/h6-7,9,12-13H,8,10-11H2,1-5H3,(H,24,26)/b16-9-,25-13?. The van der Waals surface area contributed by atoms with E-state index in [1.807, 2.05) is 13.8 Å². The summed E-state index contributed by atoms with van der Waals surface area (Å²) in [6.45, 7) is 9.21. The summed E-state index contributed by atoms with van der Waals surface area (Å²) in [6, 6.07) is 5.17. The van der Waals surface area contributed by atoms with Crippen molar-refractivity contribution in [1.29, 1.82) is 0 Å². The zero-order valence-corrected chi connectivity index (χ0v) is 17.9. The molecule has 1 amide bonds. The highest BCUT2D eigenvalue weighted by Crippen LogP contribution is 2.23. The van der Waals surface area contributed by atoms with Gasteiger partial charge in [-0.25, -0.2) is 9.18 Å².